The summed E-state index contributed by atoms with van der Waals surface area (Å²) in [5.41, 5.74) is -1.01. The fourth-order valence-electron chi connectivity index (χ4n) is 1.76. The number of nitrogens with one attached hydrogen (secondary N) is 2. The minimum absolute atomic E-state index is 0.227. The summed E-state index contributed by atoms with van der Waals surface area (Å²) in [6.07, 6.45) is 2.26. The highest BCUT2D eigenvalue weighted by molar-refractivity contribution is 5.85. The van der Waals surface area contributed by atoms with E-state index >= 15 is 0 Å². The molecule has 1 aliphatic carbocycles. The van der Waals surface area contributed by atoms with Gasteiger partial charge in [0.25, 0.3) is 0 Å². The molecule has 1 aliphatic rings. The van der Waals surface area contributed by atoms with Gasteiger partial charge in [-0.1, -0.05) is 13.8 Å². The second-order valence-corrected chi connectivity index (χ2v) is 5.75. The van der Waals surface area contributed by atoms with Crippen LogP contribution < -0.4 is 10.6 Å². The Balaban J connectivity index is 2.39. The number of rotatable bonds is 5. The topological polar surface area (TPSA) is 78.4 Å². The van der Waals surface area contributed by atoms with Gasteiger partial charge in [-0.25, -0.2) is 9.59 Å². The number of aliphatic carboxylic acids is 1. The van der Waals surface area contributed by atoms with Crippen LogP contribution in [0.15, 0.2) is 0 Å². The Hall–Kier alpha value is -1.26. The van der Waals surface area contributed by atoms with Crippen LogP contribution in [-0.4, -0.2) is 29.2 Å². The Labute approximate surface area is 102 Å². The lowest BCUT2D eigenvalue weighted by molar-refractivity contribution is -0.142. The van der Waals surface area contributed by atoms with E-state index in [-0.39, 0.29) is 5.41 Å². The first-order valence-corrected chi connectivity index (χ1v) is 5.99. The quantitative estimate of drug-likeness (QED) is 0.685. The summed E-state index contributed by atoms with van der Waals surface area (Å²) in [5.74, 6) is -0.507. The van der Waals surface area contributed by atoms with Crippen LogP contribution in [0.4, 0.5) is 4.79 Å². The van der Waals surface area contributed by atoms with Crippen LogP contribution in [0.25, 0.3) is 0 Å². The smallest absolute Gasteiger partial charge is 0.328 e. The largest absolute Gasteiger partial charge is 0.480 e. The summed E-state index contributed by atoms with van der Waals surface area (Å²) in [6.45, 7) is 7.84. The number of carbonyl (C=O) groups excluding carboxylic acids is 1. The molecule has 1 fully saturated rings. The normalized spacial score (nSPS) is 17.7. The van der Waals surface area contributed by atoms with Crippen molar-refractivity contribution in [3.8, 4) is 0 Å². The van der Waals surface area contributed by atoms with Crippen molar-refractivity contribution >= 4 is 12.0 Å². The molecule has 1 rings (SSSR count). The maximum absolute atomic E-state index is 11.6. The van der Waals surface area contributed by atoms with Crippen molar-refractivity contribution in [2.24, 2.45) is 11.3 Å². The summed E-state index contributed by atoms with van der Waals surface area (Å²) in [7, 11) is 0. The van der Waals surface area contributed by atoms with E-state index in [1.165, 1.54) is 13.8 Å². The van der Waals surface area contributed by atoms with E-state index in [0.29, 0.717) is 12.5 Å². The van der Waals surface area contributed by atoms with Crippen molar-refractivity contribution in [3.63, 3.8) is 0 Å². The molecular weight excluding hydrogens is 220 g/mol. The number of carbonyl (C=O) groups is 2. The second-order valence-electron chi connectivity index (χ2n) is 5.75. The van der Waals surface area contributed by atoms with Crippen LogP contribution in [-0.2, 0) is 4.79 Å². The van der Waals surface area contributed by atoms with Crippen molar-refractivity contribution in [1.82, 2.24) is 10.6 Å². The molecule has 0 heterocycles. The number of urea groups is 1. The first-order valence-electron chi connectivity index (χ1n) is 5.99. The summed E-state index contributed by atoms with van der Waals surface area (Å²) >= 11 is 0. The molecule has 0 unspecified atom stereocenters. The minimum atomic E-state index is -1.24. The highest BCUT2D eigenvalue weighted by Gasteiger charge is 2.45. The van der Waals surface area contributed by atoms with Gasteiger partial charge in [-0.3, -0.25) is 0 Å². The molecule has 5 nitrogen and oxygen atoms in total. The van der Waals surface area contributed by atoms with Gasteiger partial charge in [0.1, 0.15) is 5.54 Å². The Bertz CT molecular complexity index is 320. The maximum Gasteiger partial charge on any atom is 0.328 e. The average molecular weight is 242 g/mol. The van der Waals surface area contributed by atoms with Gasteiger partial charge in [0.05, 0.1) is 0 Å². The van der Waals surface area contributed by atoms with Crippen LogP contribution in [0.1, 0.15) is 40.5 Å². The molecule has 0 aromatic heterocycles. The Kier molecular flexibility index (Phi) is 3.69. The van der Waals surface area contributed by atoms with E-state index < -0.39 is 17.5 Å². The average Bonchev–Trinajstić information content (AvgIpc) is 2.94. The molecule has 0 aromatic rings. The van der Waals surface area contributed by atoms with E-state index in [0.717, 1.165) is 12.8 Å². The number of carboxylic acids is 1. The monoisotopic (exact) mass is 242 g/mol. The van der Waals surface area contributed by atoms with Crippen LogP contribution in [0, 0.1) is 11.3 Å². The third-order valence-corrected chi connectivity index (χ3v) is 3.68. The number of amides is 2. The molecule has 5 heteroatoms. The van der Waals surface area contributed by atoms with Gasteiger partial charge in [-0.15, -0.1) is 0 Å². The van der Waals surface area contributed by atoms with Crippen molar-refractivity contribution in [3.05, 3.63) is 0 Å². The molecule has 1 saturated carbocycles. The lowest BCUT2D eigenvalue weighted by atomic mass is 9.92. The SMILES string of the molecule is CC(C)C1(CNC(=O)NC(C)(C)C(=O)O)CC1. The lowest BCUT2D eigenvalue weighted by Crippen LogP contribution is -2.54. The second kappa shape index (κ2) is 4.55. The van der Waals surface area contributed by atoms with Gasteiger partial charge in [-0.05, 0) is 38.0 Å². The highest BCUT2D eigenvalue weighted by atomic mass is 16.4. The number of hydrogen-bond donors (Lipinski definition) is 3. The first kappa shape index (κ1) is 13.8. The summed E-state index contributed by atoms with van der Waals surface area (Å²) < 4.78 is 0. The van der Waals surface area contributed by atoms with Gasteiger partial charge >= 0.3 is 12.0 Å². The summed E-state index contributed by atoms with van der Waals surface area (Å²) in [4.78, 5) is 22.4. The Morgan fingerprint density at radius 2 is 1.88 bits per heavy atom. The predicted molar refractivity (Wildman–Crippen MR) is 64.8 cm³/mol. The van der Waals surface area contributed by atoms with E-state index in [2.05, 4.69) is 24.5 Å². The summed E-state index contributed by atoms with van der Waals surface area (Å²) in [6, 6.07) is -0.413. The molecule has 3 N–H and O–H groups in total. The van der Waals surface area contributed by atoms with Gasteiger partial charge < -0.3 is 15.7 Å². The number of hydrogen-bond acceptors (Lipinski definition) is 2. The van der Waals surface area contributed by atoms with Gasteiger partial charge in [0.2, 0.25) is 0 Å². The van der Waals surface area contributed by atoms with Crippen LogP contribution in [0.5, 0.6) is 0 Å². The fraction of sp³-hybridized carbons (Fsp3) is 0.833. The van der Waals surface area contributed by atoms with Gasteiger partial charge in [0.15, 0.2) is 0 Å². The van der Waals surface area contributed by atoms with E-state index in [1.54, 1.807) is 0 Å². The molecule has 17 heavy (non-hydrogen) atoms. The van der Waals surface area contributed by atoms with Crippen molar-refractivity contribution in [2.75, 3.05) is 6.54 Å². The van der Waals surface area contributed by atoms with Crippen molar-refractivity contribution in [2.45, 2.75) is 46.1 Å². The van der Waals surface area contributed by atoms with E-state index in [4.69, 9.17) is 5.11 Å². The van der Waals surface area contributed by atoms with Crippen molar-refractivity contribution < 1.29 is 14.7 Å². The zero-order valence-corrected chi connectivity index (χ0v) is 11.0. The standard InChI is InChI=1S/C12H22N2O3/c1-8(2)12(5-6-12)7-13-10(17)14-11(3,4)9(15)16/h8H,5-7H2,1-4H3,(H,15,16)(H2,13,14,17). The van der Waals surface area contributed by atoms with E-state index in [9.17, 15) is 9.59 Å². The van der Waals surface area contributed by atoms with E-state index in [1.807, 2.05) is 0 Å². The zero-order valence-electron chi connectivity index (χ0n) is 11.0. The minimum Gasteiger partial charge on any atom is -0.480 e. The molecule has 0 saturated heterocycles. The third kappa shape index (κ3) is 3.35. The molecule has 0 atom stereocenters. The molecule has 98 valence electrons. The Morgan fingerprint density at radius 3 is 2.24 bits per heavy atom. The van der Waals surface area contributed by atoms with Crippen LogP contribution in [0.3, 0.4) is 0 Å². The molecule has 0 aliphatic heterocycles. The first-order chi connectivity index (χ1) is 7.69. The third-order valence-electron chi connectivity index (χ3n) is 3.68. The highest BCUT2D eigenvalue weighted by Crippen LogP contribution is 2.51. The predicted octanol–water partition coefficient (Wildman–Crippen LogP) is 1.58. The van der Waals surface area contributed by atoms with Crippen LogP contribution >= 0.6 is 0 Å². The van der Waals surface area contributed by atoms with Crippen molar-refractivity contribution in [1.29, 1.82) is 0 Å². The fourth-order valence-corrected chi connectivity index (χ4v) is 1.76. The van der Waals surface area contributed by atoms with Crippen LogP contribution in [0.2, 0.25) is 0 Å². The zero-order chi connectivity index (χ0) is 13.3. The lowest BCUT2D eigenvalue weighted by Gasteiger charge is -2.24. The molecule has 2 amide bonds. The summed E-state index contributed by atoms with van der Waals surface area (Å²) in [5, 5.41) is 14.1. The number of carboxylic acid groups (broad SMARTS) is 1. The Morgan fingerprint density at radius 1 is 1.35 bits per heavy atom. The van der Waals surface area contributed by atoms with Gasteiger partial charge in [0, 0.05) is 6.54 Å². The molecule has 0 aromatic carbocycles. The molecule has 0 radical (unpaired) electrons. The molecule has 0 bridgehead atoms. The van der Waals surface area contributed by atoms with Gasteiger partial charge in [-0.2, -0.15) is 0 Å². The molecular formula is C12H22N2O3. The molecule has 0 spiro atoms. The maximum atomic E-state index is 11.6.